The van der Waals surface area contributed by atoms with Crippen LogP contribution in [0.2, 0.25) is 0 Å². The van der Waals surface area contributed by atoms with Gasteiger partial charge < -0.3 is 10.6 Å². The SMILES string of the molecule is CN=C(NCc1ccc(S(=O)(=O)N2CCCC2)cc1)NCc1ccc(C)cc1SC.I. The van der Waals surface area contributed by atoms with Crippen LogP contribution in [0.5, 0.6) is 0 Å². The molecule has 1 saturated heterocycles. The van der Waals surface area contributed by atoms with Crippen molar-refractivity contribution >= 4 is 51.7 Å². The van der Waals surface area contributed by atoms with Crippen molar-refractivity contribution in [2.45, 2.75) is 42.6 Å². The highest BCUT2D eigenvalue weighted by atomic mass is 127. The van der Waals surface area contributed by atoms with Gasteiger partial charge in [-0.2, -0.15) is 4.31 Å². The first-order valence-corrected chi connectivity index (χ1v) is 12.8. The Labute approximate surface area is 207 Å². The van der Waals surface area contributed by atoms with Crippen LogP contribution >= 0.6 is 35.7 Å². The van der Waals surface area contributed by atoms with Crippen LogP contribution in [0.3, 0.4) is 0 Å². The Hall–Kier alpha value is -1.30. The summed E-state index contributed by atoms with van der Waals surface area (Å²) in [5, 5.41) is 6.64. The van der Waals surface area contributed by atoms with Crippen molar-refractivity contribution in [3.63, 3.8) is 0 Å². The zero-order chi connectivity index (χ0) is 21.6. The Morgan fingerprint density at radius 2 is 1.71 bits per heavy atom. The van der Waals surface area contributed by atoms with Crippen LogP contribution in [0.1, 0.15) is 29.5 Å². The van der Waals surface area contributed by atoms with Gasteiger partial charge in [0.2, 0.25) is 10.0 Å². The number of rotatable bonds is 7. The van der Waals surface area contributed by atoms with Crippen LogP contribution in [0, 0.1) is 6.92 Å². The zero-order valence-corrected chi connectivity index (χ0v) is 22.2. The molecule has 1 aliphatic heterocycles. The van der Waals surface area contributed by atoms with E-state index in [4.69, 9.17) is 0 Å². The van der Waals surface area contributed by atoms with Crippen molar-refractivity contribution in [3.8, 4) is 0 Å². The number of thioether (sulfide) groups is 1. The van der Waals surface area contributed by atoms with Gasteiger partial charge in [-0.1, -0.05) is 24.3 Å². The fourth-order valence-electron chi connectivity index (χ4n) is 3.44. The molecule has 0 aliphatic carbocycles. The maximum absolute atomic E-state index is 12.6. The second kappa shape index (κ2) is 12.1. The molecule has 3 rings (SSSR count). The van der Waals surface area contributed by atoms with Gasteiger partial charge >= 0.3 is 0 Å². The standard InChI is InChI=1S/C22H30N4O2S2.HI/c1-17-6-9-19(21(14-17)29-3)16-25-22(23-2)24-15-18-7-10-20(11-8-18)30(27,28)26-12-4-5-13-26;/h6-11,14H,4-5,12-13,15-16H2,1-3H3,(H2,23,24,25);1H. The van der Waals surface area contributed by atoms with Gasteiger partial charge in [0, 0.05) is 38.1 Å². The van der Waals surface area contributed by atoms with E-state index in [0.29, 0.717) is 37.0 Å². The van der Waals surface area contributed by atoms with Gasteiger partial charge in [-0.25, -0.2) is 8.42 Å². The molecule has 1 fully saturated rings. The van der Waals surface area contributed by atoms with Crippen LogP contribution in [0.15, 0.2) is 57.2 Å². The van der Waals surface area contributed by atoms with Gasteiger partial charge in [-0.05, 0) is 60.9 Å². The van der Waals surface area contributed by atoms with Crippen molar-refractivity contribution in [3.05, 3.63) is 59.2 Å². The molecule has 170 valence electrons. The van der Waals surface area contributed by atoms with E-state index in [1.807, 2.05) is 12.1 Å². The third kappa shape index (κ3) is 6.84. The molecule has 2 aromatic carbocycles. The predicted molar refractivity (Wildman–Crippen MR) is 140 cm³/mol. The molecule has 2 aromatic rings. The summed E-state index contributed by atoms with van der Waals surface area (Å²) < 4.78 is 26.8. The molecule has 31 heavy (non-hydrogen) atoms. The molecule has 9 heteroatoms. The smallest absolute Gasteiger partial charge is 0.243 e. The van der Waals surface area contributed by atoms with Crippen LogP contribution in [-0.2, 0) is 23.1 Å². The molecule has 1 heterocycles. The molecule has 0 atom stereocenters. The first kappa shape index (κ1) is 26.0. The lowest BCUT2D eigenvalue weighted by Crippen LogP contribution is -2.36. The van der Waals surface area contributed by atoms with Crippen molar-refractivity contribution in [2.24, 2.45) is 4.99 Å². The molecule has 0 radical (unpaired) electrons. The van der Waals surface area contributed by atoms with E-state index in [0.717, 1.165) is 18.4 Å². The minimum atomic E-state index is -3.37. The summed E-state index contributed by atoms with van der Waals surface area (Å²) in [6, 6.07) is 13.5. The highest BCUT2D eigenvalue weighted by Crippen LogP contribution is 2.22. The summed E-state index contributed by atoms with van der Waals surface area (Å²) in [4.78, 5) is 5.90. The molecule has 0 amide bonds. The number of sulfonamides is 1. The maximum Gasteiger partial charge on any atom is 0.243 e. The molecule has 0 unspecified atom stereocenters. The lowest BCUT2D eigenvalue weighted by Gasteiger charge is -2.16. The van der Waals surface area contributed by atoms with Gasteiger partial charge in [-0.15, -0.1) is 35.7 Å². The van der Waals surface area contributed by atoms with Gasteiger partial charge in [0.25, 0.3) is 0 Å². The average molecular weight is 575 g/mol. The largest absolute Gasteiger partial charge is 0.352 e. The molecule has 1 aliphatic rings. The van der Waals surface area contributed by atoms with Crippen molar-refractivity contribution in [1.29, 1.82) is 0 Å². The van der Waals surface area contributed by atoms with E-state index in [-0.39, 0.29) is 24.0 Å². The van der Waals surface area contributed by atoms with Gasteiger partial charge in [-0.3, -0.25) is 4.99 Å². The first-order chi connectivity index (χ1) is 14.4. The fraction of sp³-hybridized carbons (Fsp3) is 0.409. The van der Waals surface area contributed by atoms with Crippen LogP contribution in [0.25, 0.3) is 0 Å². The van der Waals surface area contributed by atoms with Crippen molar-refractivity contribution < 1.29 is 8.42 Å². The quantitative estimate of drug-likeness (QED) is 0.227. The number of benzene rings is 2. The van der Waals surface area contributed by atoms with E-state index in [2.05, 4.69) is 47.0 Å². The third-order valence-electron chi connectivity index (χ3n) is 5.20. The summed E-state index contributed by atoms with van der Waals surface area (Å²) in [6.45, 7) is 4.58. The Balaban J connectivity index is 0.00000341. The predicted octanol–water partition coefficient (Wildman–Crippen LogP) is 3.98. The van der Waals surface area contributed by atoms with Gasteiger partial charge in [0.15, 0.2) is 5.96 Å². The lowest BCUT2D eigenvalue weighted by molar-refractivity contribution is 0.477. The Morgan fingerprint density at radius 3 is 2.32 bits per heavy atom. The number of halogens is 1. The monoisotopic (exact) mass is 574 g/mol. The summed E-state index contributed by atoms with van der Waals surface area (Å²) in [5.74, 6) is 0.705. The third-order valence-corrected chi connectivity index (χ3v) is 7.93. The molecule has 0 spiro atoms. The molecule has 0 bridgehead atoms. The number of aliphatic imine (C=N–C) groups is 1. The Morgan fingerprint density at radius 1 is 1.06 bits per heavy atom. The summed E-state index contributed by atoms with van der Waals surface area (Å²) in [7, 11) is -1.62. The van der Waals surface area contributed by atoms with Crippen LogP contribution in [0.4, 0.5) is 0 Å². The minimum Gasteiger partial charge on any atom is -0.352 e. The molecule has 0 saturated carbocycles. The highest BCUT2D eigenvalue weighted by Gasteiger charge is 2.26. The zero-order valence-electron chi connectivity index (χ0n) is 18.2. The summed E-state index contributed by atoms with van der Waals surface area (Å²) in [6.07, 6.45) is 3.96. The topological polar surface area (TPSA) is 73.8 Å². The maximum atomic E-state index is 12.6. The van der Waals surface area contributed by atoms with Crippen molar-refractivity contribution in [2.75, 3.05) is 26.4 Å². The normalized spacial score (nSPS) is 14.9. The Kier molecular flexibility index (Phi) is 10.1. The molecule has 0 aromatic heterocycles. The molecule has 2 N–H and O–H groups in total. The molecular formula is C22H31IN4O2S2. The Bertz CT molecular complexity index is 989. The number of aryl methyl sites for hydroxylation is 1. The molecular weight excluding hydrogens is 543 g/mol. The number of nitrogens with one attached hydrogen (secondary N) is 2. The number of guanidine groups is 1. The summed E-state index contributed by atoms with van der Waals surface area (Å²) >= 11 is 1.74. The average Bonchev–Trinajstić information content (AvgIpc) is 3.31. The van der Waals surface area contributed by atoms with E-state index in [1.54, 1.807) is 35.2 Å². The van der Waals surface area contributed by atoms with Gasteiger partial charge in [0.1, 0.15) is 0 Å². The van der Waals surface area contributed by atoms with E-state index >= 15 is 0 Å². The van der Waals surface area contributed by atoms with Crippen LogP contribution in [-0.4, -0.2) is 45.1 Å². The summed E-state index contributed by atoms with van der Waals surface area (Å²) in [5.41, 5.74) is 3.48. The fourth-order valence-corrected chi connectivity index (χ4v) is 5.66. The van der Waals surface area contributed by atoms with E-state index < -0.39 is 10.0 Å². The number of hydrogen-bond acceptors (Lipinski definition) is 4. The van der Waals surface area contributed by atoms with Crippen molar-refractivity contribution in [1.82, 2.24) is 14.9 Å². The lowest BCUT2D eigenvalue weighted by atomic mass is 10.1. The first-order valence-electron chi connectivity index (χ1n) is 10.1. The van der Waals surface area contributed by atoms with Gasteiger partial charge in [0.05, 0.1) is 4.90 Å². The second-order valence-electron chi connectivity index (χ2n) is 7.35. The van der Waals surface area contributed by atoms with E-state index in [1.165, 1.54) is 16.0 Å². The number of hydrogen-bond donors (Lipinski definition) is 2. The molecule has 6 nitrogen and oxygen atoms in total. The van der Waals surface area contributed by atoms with Crippen LogP contribution < -0.4 is 10.6 Å². The minimum absolute atomic E-state index is 0. The highest BCUT2D eigenvalue weighted by molar-refractivity contribution is 14.0. The second-order valence-corrected chi connectivity index (χ2v) is 10.1. The van der Waals surface area contributed by atoms with E-state index in [9.17, 15) is 8.42 Å². The number of nitrogens with zero attached hydrogens (tertiary/aromatic N) is 2.